The lowest BCUT2D eigenvalue weighted by Crippen LogP contribution is -2.50. The Hall–Kier alpha value is -0.953. The molecular weight excluding hydrogens is 307 g/mol. The molecule has 7 heteroatoms. The molecule has 21 heavy (non-hydrogen) atoms. The summed E-state index contributed by atoms with van der Waals surface area (Å²) in [7, 11) is -3.24. The van der Waals surface area contributed by atoms with Crippen molar-refractivity contribution < 1.29 is 26.4 Å². The Morgan fingerprint density at radius 2 is 1.33 bits per heavy atom. The quantitative estimate of drug-likeness (QED) is 0.329. The molecule has 0 aliphatic carbocycles. The SMILES string of the molecule is CCCC(C)CO[Si](C)(C)c1c(F)c(F)c(F)c(F)c1F. The van der Waals surface area contributed by atoms with Crippen LogP contribution in [0.1, 0.15) is 26.7 Å². The Balaban J connectivity index is 3.14. The summed E-state index contributed by atoms with van der Waals surface area (Å²) in [6, 6.07) is 0. The van der Waals surface area contributed by atoms with E-state index in [9.17, 15) is 22.0 Å². The number of hydrogen-bond donors (Lipinski definition) is 0. The standard InChI is InChI=1S/C14H19F5OSi/c1-5-6-8(2)7-20-21(3,4)14-12(18)10(16)9(15)11(17)13(14)19/h8H,5-7H2,1-4H3. The third kappa shape index (κ3) is 3.82. The first kappa shape index (κ1) is 18.1. The fourth-order valence-corrected chi connectivity index (χ4v) is 4.25. The van der Waals surface area contributed by atoms with Gasteiger partial charge in [-0.3, -0.25) is 0 Å². The van der Waals surface area contributed by atoms with Crippen LogP contribution in [0.2, 0.25) is 13.1 Å². The van der Waals surface area contributed by atoms with Gasteiger partial charge in [-0.2, -0.15) is 0 Å². The van der Waals surface area contributed by atoms with Crippen LogP contribution in [-0.4, -0.2) is 14.9 Å². The zero-order valence-corrected chi connectivity index (χ0v) is 13.5. The molecule has 0 saturated carbocycles. The highest BCUT2D eigenvalue weighted by Crippen LogP contribution is 2.21. The van der Waals surface area contributed by atoms with Gasteiger partial charge in [-0.05, 0) is 25.4 Å². The zero-order chi connectivity index (χ0) is 16.4. The van der Waals surface area contributed by atoms with Gasteiger partial charge in [0.25, 0.3) is 0 Å². The van der Waals surface area contributed by atoms with E-state index in [0.717, 1.165) is 12.8 Å². The van der Waals surface area contributed by atoms with E-state index in [-0.39, 0.29) is 12.5 Å². The average molecular weight is 326 g/mol. The molecule has 0 heterocycles. The second-order valence-electron chi connectivity index (χ2n) is 5.66. The van der Waals surface area contributed by atoms with E-state index in [0.29, 0.717) is 0 Å². The van der Waals surface area contributed by atoms with Crippen molar-refractivity contribution in [2.24, 2.45) is 5.92 Å². The van der Waals surface area contributed by atoms with E-state index in [1.54, 1.807) is 0 Å². The average Bonchev–Trinajstić information content (AvgIpc) is 2.41. The Morgan fingerprint density at radius 1 is 0.905 bits per heavy atom. The number of benzene rings is 1. The molecule has 1 rings (SSSR count). The fourth-order valence-electron chi connectivity index (χ4n) is 2.13. The minimum atomic E-state index is -3.24. The Labute approximate surface area is 122 Å². The minimum Gasteiger partial charge on any atom is -0.412 e. The van der Waals surface area contributed by atoms with Crippen LogP contribution in [0.5, 0.6) is 0 Å². The van der Waals surface area contributed by atoms with Crippen molar-refractivity contribution in [3.8, 4) is 0 Å². The van der Waals surface area contributed by atoms with E-state index in [4.69, 9.17) is 4.43 Å². The molecule has 120 valence electrons. The van der Waals surface area contributed by atoms with Gasteiger partial charge in [0.2, 0.25) is 14.1 Å². The summed E-state index contributed by atoms with van der Waals surface area (Å²) < 4.78 is 72.7. The van der Waals surface area contributed by atoms with E-state index >= 15 is 0 Å². The Morgan fingerprint density at radius 3 is 1.76 bits per heavy atom. The summed E-state index contributed by atoms with van der Waals surface area (Å²) in [5.74, 6) is -9.40. The number of hydrogen-bond acceptors (Lipinski definition) is 1. The molecule has 1 aromatic carbocycles. The van der Waals surface area contributed by atoms with Gasteiger partial charge in [-0.25, -0.2) is 22.0 Å². The topological polar surface area (TPSA) is 9.23 Å². The van der Waals surface area contributed by atoms with Crippen molar-refractivity contribution >= 4 is 13.5 Å². The lowest BCUT2D eigenvalue weighted by molar-refractivity contribution is 0.246. The molecule has 1 aromatic rings. The van der Waals surface area contributed by atoms with Crippen molar-refractivity contribution in [2.45, 2.75) is 39.8 Å². The molecule has 0 saturated heterocycles. The summed E-state index contributed by atoms with van der Waals surface area (Å²) in [6.45, 7) is 6.97. The summed E-state index contributed by atoms with van der Waals surface area (Å²) in [4.78, 5) is 0. The predicted molar refractivity (Wildman–Crippen MR) is 73.4 cm³/mol. The van der Waals surface area contributed by atoms with Gasteiger partial charge in [0.05, 0.1) is 0 Å². The molecule has 0 amide bonds. The highest BCUT2D eigenvalue weighted by molar-refractivity contribution is 6.84. The van der Waals surface area contributed by atoms with Crippen molar-refractivity contribution in [3.63, 3.8) is 0 Å². The van der Waals surface area contributed by atoms with Crippen LogP contribution in [0.25, 0.3) is 0 Å². The molecule has 1 nitrogen and oxygen atoms in total. The van der Waals surface area contributed by atoms with Crippen LogP contribution in [-0.2, 0) is 4.43 Å². The highest BCUT2D eigenvalue weighted by atomic mass is 28.4. The van der Waals surface area contributed by atoms with Gasteiger partial charge < -0.3 is 4.43 Å². The second-order valence-corrected chi connectivity index (χ2v) is 9.47. The smallest absolute Gasteiger partial charge is 0.224 e. The minimum absolute atomic E-state index is 0.156. The zero-order valence-electron chi connectivity index (χ0n) is 12.5. The molecule has 0 fully saturated rings. The van der Waals surface area contributed by atoms with Gasteiger partial charge in [-0.15, -0.1) is 0 Å². The van der Waals surface area contributed by atoms with Crippen LogP contribution in [0.4, 0.5) is 22.0 Å². The molecule has 1 atom stereocenters. The molecule has 0 aromatic heterocycles. The van der Waals surface area contributed by atoms with Gasteiger partial charge in [0.1, 0.15) is 0 Å². The molecule has 0 N–H and O–H groups in total. The normalized spacial score (nSPS) is 13.6. The largest absolute Gasteiger partial charge is 0.412 e. The van der Waals surface area contributed by atoms with E-state index in [2.05, 4.69) is 0 Å². The first-order chi connectivity index (χ1) is 9.63. The summed E-state index contributed by atoms with van der Waals surface area (Å²) in [5.41, 5.74) is 0. The van der Waals surface area contributed by atoms with Crippen LogP contribution in [0.15, 0.2) is 0 Å². The molecule has 0 radical (unpaired) electrons. The lowest BCUT2D eigenvalue weighted by atomic mass is 10.1. The van der Waals surface area contributed by atoms with Crippen LogP contribution in [0.3, 0.4) is 0 Å². The van der Waals surface area contributed by atoms with Crippen molar-refractivity contribution in [1.82, 2.24) is 0 Å². The number of rotatable bonds is 6. The number of halogens is 5. The van der Waals surface area contributed by atoms with Gasteiger partial charge in [-0.1, -0.05) is 20.3 Å². The maximum absolute atomic E-state index is 13.8. The molecular formula is C14H19F5OSi. The first-order valence-electron chi connectivity index (χ1n) is 6.79. The fraction of sp³-hybridized carbons (Fsp3) is 0.571. The van der Waals surface area contributed by atoms with Crippen molar-refractivity contribution in [2.75, 3.05) is 6.61 Å². The molecule has 1 unspecified atom stereocenters. The van der Waals surface area contributed by atoms with Gasteiger partial charge in [0, 0.05) is 11.8 Å². The van der Waals surface area contributed by atoms with Crippen molar-refractivity contribution in [1.29, 1.82) is 0 Å². The Kier molecular flexibility index (Phi) is 5.92. The summed E-state index contributed by atoms with van der Waals surface area (Å²) in [5, 5.41) is -0.803. The van der Waals surface area contributed by atoms with Crippen molar-refractivity contribution in [3.05, 3.63) is 29.1 Å². The van der Waals surface area contributed by atoms with E-state index < -0.39 is 42.6 Å². The molecule has 0 bridgehead atoms. The van der Waals surface area contributed by atoms with Gasteiger partial charge >= 0.3 is 0 Å². The van der Waals surface area contributed by atoms with E-state index in [1.807, 2.05) is 13.8 Å². The third-order valence-electron chi connectivity index (χ3n) is 3.32. The lowest BCUT2D eigenvalue weighted by Gasteiger charge is -2.26. The van der Waals surface area contributed by atoms with Crippen LogP contribution >= 0.6 is 0 Å². The summed E-state index contributed by atoms with van der Waals surface area (Å²) >= 11 is 0. The van der Waals surface area contributed by atoms with Gasteiger partial charge in [0.15, 0.2) is 23.3 Å². The molecule has 0 spiro atoms. The maximum Gasteiger partial charge on any atom is 0.224 e. The molecule has 0 aliphatic heterocycles. The summed E-state index contributed by atoms with van der Waals surface area (Å²) in [6.07, 6.45) is 1.79. The maximum atomic E-state index is 13.8. The van der Waals surface area contributed by atoms with E-state index in [1.165, 1.54) is 13.1 Å². The highest BCUT2D eigenvalue weighted by Gasteiger charge is 2.38. The predicted octanol–water partition coefficient (Wildman–Crippen LogP) is 4.25. The Bertz CT molecular complexity index is 490. The van der Waals surface area contributed by atoms with Crippen LogP contribution < -0.4 is 5.19 Å². The van der Waals surface area contributed by atoms with Crippen LogP contribution in [0, 0.1) is 35.0 Å². The second kappa shape index (κ2) is 6.87. The first-order valence-corrected chi connectivity index (χ1v) is 9.70. The third-order valence-corrected chi connectivity index (χ3v) is 5.85. The molecule has 0 aliphatic rings. The monoisotopic (exact) mass is 326 g/mol.